The molecular weight excluding hydrogens is 663 g/mol. The van der Waals surface area contributed by atoms with Gasteiger partial charge in [-0.05, 0) is 123 Å². The van der Waals surface area contributed by atoms with E-state index in [4.69, 9.17) is 0 Å². The first-order valence-corrected chi connectivity index (χ1v) is 20.2. The Morgan fingerprint density at radius 3 is 2.00 bits per heavy atom. The van der Waals surface area contributed by atoms with E-state index in [0.717, 1.165) is 36.2 Å². The summed E-state index contributed by atoms with van der Waals surface area (Å²) in [4.78, 5) is 2.40. The summed E-state index contributed by atoms with van der Waals surface area (Å²) in [5.74, 6) is 0. The number of allylic oxidation sites excluding steroid dienone is 2. The van der Waals surface area contributed by atoms with Crippen LogP contribution in [0.25, 0.3) is 27.5 Å². The number of nitrogens with zero attached hydrogens (tertiary/aromatic N) is 1. The normalized spacial score (nSPS) is 13.4. The number of anilines is 3. The SMILES string of the molecule is C=CC(=C)c1ccc(N(c2ccccc2)c2cccc3ccccc23)cc1CCCCCCCC1(c2ccc3c(c2)CC3)c2ccccc2-c2ccccc21. The van der Waals surface area contributed by atoms with Gasteiger partial charge in [0.1, 0.15) is 0 Å². The van der Waals surface area contributed by atoms with Gasteiger partial charge in [-0.2, -0.15) is 0 Å². The average molecular weight is 712 g/mol. The number of rotatable bonds is 14. The number of hydrogen-bond acceptors (Lipinski definition) is 1. The van der Waals surface area contributed by atoms with E-state index in [0.29, 0.717) is 0 Å². The Morgan fingerprint density at radius 2 is 1.25 bits per heavy atom. The third-order valence-corrected chi connectivity index (χ3v) is 12.4. The third kappa shape index (κ3) is 6.32. The first-order valence-electron chi connectivity index (χ1n) is 20.2. The molecule has 1 heteroatoms. The number of benzene rings is 7. The standard InChI is InChI=1S/C54H49N/c1-3-39(2)47-35-34-46(55(45-22-9-7-10-23-45)53-29-18-21-41-19-11-12-24-48(41)53)38-43(47)20-8-5-4-6-17-36-54(44-33-32-40-30-31-42(40)37-44)51-27-15-13-25-49(51)50-26-14-16-28-52(50)54/h3,7,9-16,18-19,21-29,32-35,37-38H,1-2,4-6,8,17,20,30-31,36H2. The third-order valence-electron chi connectivity index (χ3n) is 12.4. The first-order chi connectivity index (χ1) is 27.2. The molecule has 270 valence electrons. The molecule has 0 unspecified atom stereocenters. The molecule has 0 atom stereocenters. The van der Waals surface area contributed by atoms with Crippen LogP contribution in [0.2, 0.25) is 0 Å². The predicted octanol–water partition coefficient (Wildman–Crippen LogP) is 14.5. The summed E-state index contributed by atoms with van der Waals surface area (Å²) in [6.07, 6.45) is 12.5. The lowest BCUT2D eigenvalue weighted by Gasteiger charge is -2.35. The highest BCUT2D eigenvalue weighted by molar-refractivity contribution is 5.99. The number of hydrogen-bond donors (Lipinski definition) is 0. The van der Waals surface area contributed by atoms with Gasteiger partial charge in [0, 0.05) is 22.2 Å². The molecule has 0 spiro atoms. The number of aryl methyl sites for hydroxylation is 3. The molecule has 1 nitrogen and oxygen atoms in total. The van der Waals surface area contributed by atoms with Gasteiger partial charge in [-0.15, -0.1) is 0 Å². The first kappa shape index (κ1) is 34.8. The molecule has 0 N–H and O–H groups in total. The van der Waals surface area contributed by atoms with Gasteiger partial charge in [0.25, 0.3) is 0 Å². The van der Waals surface area contributed by atoms with Crippen molar-refractivity contribution >= 4 is 33.4 Å². The van der Waals surface area contributed by atoms with Crippen molar-refractivity contribution in [1.29, 1.82) is 0 Å². The fraction of sp³-hybridized carbons (Fsp3) is 0.185. The minimum atomic E-state index is -0.0904. The van der Waals surface area contributed by atoms with Crippen LogP contribution in [-0.4, -0.2) is 0 Å². The van der Waals surface area contributed by atoms with E-state index in [-0.39, 0.29) is 5.41 Å². The van der Waals surface area contributed by atoms with Crippen LogP contribution in [-0.2, 0) is 24.7 Å². The zero-order valence-electron chi connectivity index (χ0n) is 31.8. The summed E-state index contributed by atoms with van der Waals surface area (Å²) in [5, 5.41) is 2.48. The van der Waals surface area contributed by atoms with Gasteiger partial charge in [0.05, 0.1) is 5.69 Å². The van der Waals surface area contributed by atoms with Crippen molar-refractivity contribution in [3.63, 3.8) is 0 Å². The van der Waals surface area contributed by atoms with Crippen LogP contribution in [0.1, 0.15) is 77.5 Å². The van der Waals surface area contributed by atoms with Crippen LogP contribution in [0, 0.1) is 0 Å². The molecule has 0 aromatic heterocycles. The van der Waals surface area contributed by atoms with E-state index in [1.807, 2.05) is 6.08 Å². The van der Waals surface area contributed by atoms with Crippen LogP contribution < -0.4 is 4.90 Å². The Labute approximate surface area is 327 Å². The van der Waals surface area contributed by atoms with Gasteiger partial charge >= 0.3 is 0 Å². The maximum Gasteiger partial charge on any atom is 0.0540 e. The monoisotopic (exact) mass is 711 g/mol. The molecule has 55 heavy (non-hydrogen) atoms. The zero-order valence-corrected chi connectivity index (χ0v) is 31.8. The lowest BCUT2D eigenvalue weighted by Crippen LogP contribution is -2.28. The van der Waals surface area contributed by atoms with Crippen LogP contribution in [0.3, 0.4) is 0 Å². The average Bonchev–Trinajstić information content (AvgIpc) is 3.51. The van der Waals surface area contributed by atoms with E-state index < -0.39 is 0 Å². The molecule has 2 aliphatic carbocycles. The number of fused-ring (bicyclic) bond motifs is 5. The lowest BCUT2D eigenvalue weighted by atomic mass is 9.68. The zero-order chi connectivity index (χ0) is 37.2. The van der Waals surface area contributed by atoms with E-state index in [1.54, 1.807) is 5.56 Å². The Hall–Kier alpha value is -5.92. The minimum Gasteiger partial charge on any atom is -0.310 e. The van der Waals surface area contributed by atoms with E-state index in [9.17, 15) is 0 Å². The highest BCUT2D eigenvalue weighted by atomic mass is 15.1. The molecule has 0 fully saturated rings. The molecule has 0 saturated carbocycles. The molecule has 0 heterocycles. The molecule has 0 saturated heterocycles. The van der Waals surface area contributed by atoms with Gasteiger partial charge < -0.3 is 4.90 Å². The van der Waals surface area contributed by atoms with Crippen molar-refractivity contribution in [1.82, 2.24) is 0 Å². The highest BCUT2D eigenvalue weighted by Gasteiger charge is 2.44. The van der Waals surface area contributed by atoms with Crippen molar-refractivity contribution in [2.75, 3.05) is 4.90 Å². The summed E-state index contributed by atoms with van der Waals surface area (Å²) in [5.41, 5.74) is 17.3. The van der Waals surface area contributed by atoms with Crippen molar-refractivity contribution in [3.8, 4) is 11.1 Å². The second-order valence-corrected chi connectivity index (χ2v) is 15.5. The second kappa shape index (κ2) is 15.1. The fourth-order valence-electron chi connectivity index (χ4n) is 9.50. The summed E-state index contributed by atoms with van der Waals surface area (Å²) in [7, 11) is 0. The Kier molecular flexibility index (Phi) is 9.54. The largest absolute Gasteiger partial charge is 0.310 e. The van der Waals surface area contributed by atoms with Crippen molar-refractivity contribution < 1.29 is 0 Å². The van der Waals surface area contributed by atoms with Gasteiger partial charge in [-0.1, -0.05) is 172 Å². The lowest BCUT2D eigenvalue weighted by molar-refractivity contribution is 0.506. The van der Waals surface area contributed by atoms with Crippen LogP contribution in [0.15, 0.2) is 177 Å². The second-order valence-electron chi connectivity index (χ2n) is 15.5. The molecule has 7 aromatic carbocycles. The van der Waals surface area contributed by atoms with Gasteiger partial charge in [-0.3, -0.25) is 0 Å². The smallest absolute Gasteiger partial charge is 0.0540 e. The number of para-hydroxylation sites is 1. The molecule has 0 bridgehead atoms. The maximum absolute atomic E-state index is 4.39. The summed E-state index contributed by atoms with van der Waals surface area (Å²) in [6, 6.07) is 58.7. The Balaban J connectivity index is 0.936. The maximum atomic E-state index is 4.39. The number of unbranched alkanes of at least 4 members (excludes halogenated alkanes) is 4. The van der Waals surface area contributed by atoms with Crippen molar-refractivity contribution in [2.24, 2.45) is 0 Å². The van der Waals surface area contributed by atoms with E-state index in [2.05, 4.69) is 176 Å². The Bertz CT molecular complexity index is 2470. The van der Waals surface area contributed by atoms with Crippen LogP contribution >= 0.6 is 0 Å². The summed E-state index contributed by atoms with van der Waals surface area (Å²) in [6.45, 7) is 8.47. The van der Waals surface area contributed by atoms with Gasteiger partial charge in [0.2, 0.25) is 0 Å². The van der Waals surface area contributed by atoms with Crippen molar-refractivity contribution in [2.45, 2.75) is 63.2 Å². The predicted molar refractivity (Wildman–Crippen MR) is 235 cm³/mol. The molecule has 2 aliphatic rings. The van der Waals surface area contributed by atoms with Gasteiger partial charge in [0.15, 0.2) is 0 Å². The Morgan fingerprint density at radius 1 is 0.582 bits per heavy atom. The summed E-state index contributed by atoms with van der Waals surface area (Å²) >= 11 is 0. The molecular formula is C54H49N. The van der Waals surface area contributed by atoms with Crippen LogP contribution in [0.5, 0.6) is 0 Å². The quantitative estimate of drug-likeness (QED) is 0.0802. The molecule has 0 amide bonds. The van der Waals surface area contributed by atoms with Gasteiger partial charge in [-0.25, -0.2) is 0 Å². The van der Waals surface area contributed by atoms with Crippen LogP contribution in [0.4, 0.5) is 17.1 Å². The summed E-state index contributed by atoms with van der Waals surface area (Å²) < 4.78 is 0. The highest BCUT2D eigenvalue weighted by Crippen LogP contribution is 2.55. The topological polar surface area (TPSA) is 3.24 Å². The minimum absolute atomic E-state index is 0.0904. The molecule has 0 radical (unpaired) electrons. The molecule has 9 rings (SSSR count). The van der Waals surface area contributed by atoms with Crippen molar-refractivity contribution in [3.05, 3.63) is 216 Å². The van der Waals surface area contributed by atoms with E-state index in [1.165, 1.54) is 99.5 Å². The fourth-order valence-corrected chi connectivity index (χ4v) is 9.50. The van der Waals surface area contributed by atoms with E-state index >= 15 is 0 Å². The molecule has 0 aliphatic heterocycles. The molecule has 7 aromatic rings.